The zero-order valence-corrected chi connectivity index (χ0v) is 20.6. The fourth-order valence-corrected chi connectivity index (χ4v) is 4.42. The lowest BCUT2D eigenvalue weighted by atomic mass is 10.2. The Hall–Kier alpha value is -4.05. The van der Waals surface area contributed by atoms with E-state index in [1.165, 1.54) is 26.4 Å². The van der Waals surface area contributed by atoms with Gasteiger partial charge in [0.15, 0.2) is 6.61 Å². The number of rotatable bonds is 9. The van der Waals surface area contributed by atoms with Crippen molar-refractivity contribution < 1.29 is 32.2 Å². The number of nitrogens with one attached hydrogen (secondary N) is 2. The Bertz CT molecular complexity index is 1340. The number of carbonyl (C=O) groups is 2. The number of esters is 1. The number of carbonyl (C=O) groups excluding carboxylic acids is 2. The minimum absolute atomic E-state index is 0.0467. The zero-order valence-electron chi connectivity index (χ0n) is 19.7. The molecule has 0 fully saturated rings. The van der Waals surface area contributed by atoms with Gasteiger partial charge < -0.3 is 19.5 Å². The van der Waals surface area contributed by atoms with Crippen LogP contribution >= 0.6 is 0 Å². The van der Waals surface area contributed by atoms with Crippen molar-refractivity contribution in [3.63, 3.8) is 0 Å². The number of anilines is 2. The number of hydrogen-bond donors (Lipinski definition) is 2. The predicted octanol–water partition coefficient (Wildman–Crippen LogP) is 3.92. The monoisotopic (exact) mass is 498 g/mol. The molecule has 0 aromatic heterocycles. The summed E-state index contributed by atoms with van der Waals surface area (Å²) < 4.78 is 43.9. The van der Waals surface area contributed by atoms with Gasteiger partial charge in [0.05, 0.1) is 25.5 Å². The molecule has 3 aromatic carbocycles. The normalized spacial score (nSPS) is 10.9. The third-order valence-corrected chi connectivity index (χ3v) is 6.36. The molecule has 0 aliphatic rings. The van der Waals surface area contributed by atoms with Gasteiger partial charge in [0, 0.05) is 5.69 Å². The minimum Gasteiger partial charge on any atom is -0.495 e. The summed E-state index contributed by atoms with van der Waals surface area (Å²) in [5.41, 5.74) is 2.61. The maximum Gasteiger partial charge on any atom is 0.338 e. The lowest BCUT2D eigenvalue weighted by Gasteiger charge is -2.13. The lowest BCUT2D eigenvalue weighted by Crippen LogP contribution is -2.21. The number of amides is 1. The number of ether oxygens (including phenoxy) is 3. The summed E-state index contributed by atoms with van der Waals surface area (Å²) in [6.07, 6.45) is 0. The predicted molar refractivity (Wildman–Crippen MR) is 132 cm³/mol. The quantitative estimate of drug-likeness (QED) is 0.429. The third-order valence-electron chi connectivity index (χ3n) is 4.96. The Balaban J connectivity index is 1.73. The number of benzene rings is 3. The molecule has 1 amide bonds. The molecular formula is C25H26N2O7S. The topological polar surface area (TPSA) is 120 Å². The van der Waals surface area contributed by atoms with E-state index in [2.05, 4.69) is 10.0 Å². The molecule has 3 aromatic rings. The summed E-state index contributed by atoms with van der Waals surface area (Å²) in [6, 6.07) is 15.9. The Morgan fingerprint density at radius 2 is 1.46 bits per heavy atom. The summed E-state index contributed by atoms with van der Waals surface area (Å²) in [5, 5.41) is 2.63. The summed E-state index contributed by atoms with van der Waals surface area (Å²) in [4.78, 5) is 24.6. The van der Waals surface area contributed by atoms with Crippen LogP contribution in [0.2, 0.25) is 0 Å². The fraction of sp³-hybridized carbons (Fsp3) is 0.200. The van der Waals surface area contributed by atoms with Gasteiger partial charge in [-0.15, -0.1) is 0 Å². The van der Waals surface area contributed by atoms with E-state index < -0.39 is 28.5 Å². The van der Waals surface area contributed by atoms with Crippen molar-refractivity contribution in [1.82, 2.24) is 0 Å². The molecule has 3 rings (SSSR count). The summed E-state index contributed by atoms with van der Waals surface area (Å²) in [7, 11) is -1.29. The Morgan fingerprint density at radius 1 is 0.829 bits per heavy atom. The van der Waals surface area contributed by atoms with Gasteiger partial charge in [0.2, 0.25) is 0 Å². The van der Waals surface area contributed by atoms with Crippen molar-refractivity contribution in [1.29, 1.82) is 0 Å². The van der Waals surface area contributed by atoms with Crippen LogP contribution in [-0.4, -0.2) is 41.1 Å². The first kappa shape index (κ1) is 25.6. The van der Waals surface area contributed by atoms with Gasteiger partial charge in [0.1, 0.15) is 16.4 Å². The van der Waals surface area contributed by atoms with Crippen molar-refractivity contribution in [2.24, 2.45) is 0 Å². The first-order valence-corrected chi connectivity index (χ1v) is 12.0. The molecule has 2 N–H and O–H groups in total. The molecule has 0 saturated heterocycles. The molecule has 0 unspecified atom stereocenters. The largest absolute Gasteiger partial charge is 0.495 e. The van der Waals surface area contributed by atoms with Gasteiger partial charge in [-0.3, -0.25) is 9.52 Å². The Morgan fingerprint density at radius 3 is 2.11 bits per heavy atom. The summed E-state index contributed by atoms with van der Waals surface area (Å²) >= 11 is 0. The zero-order chi connectivity index (χ0) is 25.6. The standard InChI is InChI=1S/C25H26N2O7S/c1-16-5-9-19(10-6-16)27-35(30,31)23-14-18(8-12-22(23)33-4)25(29)34-15-24(28)26-20-13-17(2)7-11-21(20)32-3/h5-14,27H,15H2,1-4H3,(H,26,28). The lowest BCUT2D eigenvalue weighted by molar-refractivity contribution is -0.119. The Labute approximate surface area is 204 Å². The number of sulfonamides is 1. The molecule has 0 aliphatic heterocycles. The van der Waals surface area contributed by atoms with Gasteiger partial charge in [-0.1, -0.05) is 23.8 Å². The van der Waals surface area contributed by atoms with Gasteiger partial charge in [-0.05, 0) is 61.9 Å². The maximum atomic E-state index is 13.0. The number of aryl methyl sites for hydroxylation is 2. The molecule has 0 saturated carbocycles. The third kappa shape index (κ3) is 6.51. The van der Waals surface area contributed by atoms with Crippen molar-refractivity contribution >= 4 is 33.3 Å². The van der Waals surface area contributed by atoms with E-state index in [4.69, 9.17) is 14.2 Å². The first-order valence-electron chi connectivity index (χ1n) is 10.5. The van der Waals surface area contributed by atoms with Gasteiger partial charge in [0.25, 0.3) is 15.9 Å². The fourth-order valence-electron chi connectivity index (χ4n) is 3.17. The minimum atomic E-state index is -4.08. The van der Waals surface area contributed by atoms with Crippen molar-refractivity contribution in [2.75, 3.05) is 30.9 Å². The van der Waals surface area contributed by atoms with E-state index in [1.807, 2.05) is 19.9 Å². The van der Waals surface area contributed by atoms with Crippen LogP contribution < -0.4 is 19.5 Å². The molecule has 0 aliphatic carbocycles. The van der Waals surface area contributed by atoms with Crippen LogP contribution in [0.1, 0.15) is 21.5 Å². The molecule has 0 radical (unpaired) electrons. The van der Waals surface area contributed by atoms with Gasteiger partial charge in [-0.2, -0.15) is 0 Å². The Kier molecular flexibility index (Phi) is 7.98. The number of hydrogen-bond acceptors (Lipinski definition) is 7. The van der Waals surface area contributed by atoms with Crippen LogP contribution in [0, 0.1) is 13.8 Å². The molecule has 10 heteroatoms. The van der Waals surface area contributed by atoms with E-state index in [1.54, 1.807) is 36.4 Å². The molecule has 9 nitrogen and oxygen atoms in total. The average Bonchev–Trinajstić information content (AvgIpc) is 2.83. The highest BCUT2D eigenvalue weighted by atomic mass is 32.2. The SMILES string of the molecule is COc1ccc(C)cc1NC(=O)COC(=O)c1ccc(OC)c(S(=O)(=O)Nc2ccc(C)cc2)c1. The van der Waals surface area contributed by atoms with E-state index in [-0.39, 0.29) is 16.2 Å². The van der Waals surface area contributed by atoms with Crippen LogP contribution in [-0.2, 0) is 19.6 Å². The van der Waals surface area contributed by atoms with Crippen LogP contribution in [0.4, 0.5) is 11.4 Å². The van der Waals surface area contributed by atoms with Crippen molar-refractivity contribution in [2.45, 2.75) is 18.7 Å². The van der Waals surface area contributed by atoms with E-state index in [0.717, 1.165) is 17.2 Å². The summed E-state index contributed by atoms with van der Waals surface area (Å²) in [6.45, 7) is 3.16. The highest BCUT2D eigenvalue weighted by molar-refractivity contribution is 7.92. The average molecular weight is 499 g/mol. The smallest absolute Gasteiger partial charge is 0.338 e. The molecular weight excluding hydrogens is 472 g/mol. The highest BCUT2D eigenvalue weighted by Crippen LogP contribution is 2.28. The van der Waals surface area contributed by atoms with Crippen molar-refractivity contribution in [3.05, 3.63) is 77.4 Å². The van der Waals surface area contributed by atoms with Crippen LogP contribution in [0.3, 0.4) is 0 Å². The van der Waals surface area contributed by atoms with Crippen molar-refractivity contribution in [3.8, 4) is 11.5 Å². The van der Waals surface area contributed by atoms with Crippen LogP contribution in [0.25, 0.3) is 0 Å². The molecule has 184 valence electrons. The second-order valence-corrected chi connectivity index (χ2v) is 9.32. The first-order chi connectivity index (χ1) is 16.6. The second kappa shape index (κ2) is 10.9. The van der Waals surface area contributed by atoms with Crippen LogP contribution in [0.15, 0.2) is 65.6 Å². The molecule has 0 bridgehead atoms. The van der Waals surface area contributed by atoms with Crippen LogP contribution in [0.5, 0.6) is 11.5 Å². The maximum absolute atomic E-state index is 13.0. The van der Waals surface area contributed by atoms with E-state index in [9.17, 15) is 18.0 Å². The molecule has 0 spiro atoms. The number of methoxy groups -OCH3 is 2. The molecule has 0 atom stereocenters. The summed E-state index contributed by atoms with van der Waals surface area (Å²) in [5.74, 6) is -0.942. The van der Waals surface area contributed by atoms with Gasteiger partial charge >= 0.3 is 5.97 Å². The van der Waals surface area contributed by atoms with E-state index >= 15 is 0 Å². The second-order valence-electron chi connectivity index (χ2n) is 7.67. The molecule has 35 heavy (non-hydrogen) atoms. The van der Waals surface area contributed by atoms with E-state index in [0.29, 0.717) is 17.1 Å². The molecule has 0 heterocycles. The highest BCUT2D eigenvalue weighted by Gasteiger charge is 2.23. The van der Waals surface area contributed by atoms with Gasteiger partial charge in [-0.25, -0.2) is 13.2 Å².